The van der Waals surface area contributed by atoms with Gasteiger partial charge in [0, 0.05) is 11.6 Å². The molecular formula is C13H23NO. The maximum atomic E-state index is 5.68. The Morgan fingerprint density at radius 1 is 1.13 bits per heavy atom. The lowest BCUT2D eigenvalue weighted by molar-refractivity contribution is 0.410. The van der Waals surface area contributed by atoms with Gasteiger partial charge in [-0.1, -0.05) is 20.8 Å². The van der Waals surface area contributed by atoms with Gasteiger partial charge in [-0.25, -0.2) is 0 Å². The van der Waals surface area contributed by atoms with Crippen LogP contribution in [0.2, 0.25) is 0 Å². The van der Waals surface area contributed by atoms with Crippen molar-refractivity contribution in [3.63, 3.8) is 0 Å². The van der Waals surface area contributed by atoms with Crippen molar-refractivity contribution >= 4 is 0 Å². The second-order valence-electron chi connectivity index (χ2n) is 4.53. The molecule has 0 radical (unpaired) electrons. The number of furan rings is 1. The SMILES string of the molecule is CCNC(c1c(C)oc(C)c1C)C(C)C. The minimum Gasteiger partial charge on any atom is -0.466 e. The molecule has 0 aromatic carbocycles. The van der Waals surface area contributed by atoms with Crippen molar-refractivity contribution < 1.29 is 4.42 Å². The molecule has 1 atom stereocenters. The van der Waals surface area contributed by atoms with Crippen LogP contribution < -0.4 is 5.32 Å². The van der Waals surface area contributed by atoms with E-state index in [-0.39, 0.29) is 0 Å². The summed E-state index contributed by atoms with van der Waals surface area (Å²) < 4.78 is 5.68. The quantitative estimate of drug-likeness (QED) is 0.821. The largest absolute Gasteiger partial charge is 0.466 e. The Kier molecular flexibility index (Phi) is 3.97. The number of hydrogen-bond acceptors (Lipinski definition) is 2. The molecule has 2 nitrogen and oxygen atoms in total. The first-order valence-corrected chi connectivity index (χ1v) is 5.78. The van der Waals surface area contributed by atoms with E-state index >= 15 is 0 Å². The molecule has 0 aliphatic carbocycles. The van der Waals surface area contributed by atoms with E-state index in [0.717, 1.165) is 18.1 Å². The van der Waals surface area contributed by atoms with Gasteiger partial charge in [0.2, 0.25) is 0 Å². The molecule has 1 unspecified atom stereocenters. The summed E-state index contributed by atoms with van der Waals surface area (Å²) in [7, 11) is 0. The highest BCUT2D eigenvalue weighted by Gasteiger charge is 2.22. The zero-order chi connectivity index (χ0) is 11.6. The molecule has 15 heavy (non-hydrogen) atoms. The average Bonchev–Trinajstić information content (AvgIpc) is 2.38. The van der Waals surface area contributed by atoms with Crippen molar-refractivity contribution in [3.05, 3.63) is 22.6 Å². The van der Waals surface area contributed by atoms with Crippen LogP contribution in [0.3, 0.4) is 0 Å². The van der Waals surface area contributed by atoms with Gasteiger partial charge in [-0.15, -0.1) is 0 Å². The van der Waals surface area contributed by atoms with Crippen molar-refractivity contribution in [3.8, 4) is 0 Å². The summed E-state index contributed by atoms with van der Waals surface area (Å²) in [5, 5.41) is 3.53. The highest BCUT2D eigenvalue weighted by Crippen LogP contribution is 2.31. The van der Waals surface area contributed by atoms with E-state index in [9.17, 15) is 0 Å². The summed E-state index contributed by atoms with van der Waals surface area (Å²) in [5.74, 6) is 2.69. The number of nitrogens with one attached hydrogen (secondary N) is 1. The van der Waals surface area contributed by atoms with E-state index in [2.05, 4.69) is 39.9 Å². The van der Waals surface area contributed by atoms with Crippen LogP contribution in [0.25, 0.3) is 0 Å². The normalized spacial score (nSPS) is 13.5. The lowest BCUT2D eigenvalue weighted by Crippen LogP contribution is -2.26. The van der Waals surface area contributed by atoms with Crippen LogP contribution in [0, 0.1) is 26.7 Å². The van der Waals surface area contributed by atoms with Crippen LogP contribution >= 0.6 is 0 Å². The fraction of sp³-hybridized carbons (Fsp3) is 0.692. The summed E-state index contributed by atoms with van der Waals surface area (Å²) in [6.45, 7) is 13.9. The van der Waals surface area contributed by atoms with Crippen LogP contribution in [-0.2, 0) is 0 Å². The predicted octanol–water partition coefficient (Wildman–Crippen LogP) is 3.51. The van der Waals surface area contributed by atoms with Crippen molar-refractivity contribution in [2.45, 2.75) is 47.6 Å². The summed E-state index contributed by atoms with van der Waals surface area (Å²) in [4.78, 5) is 0. The highest BCUT2D eigenvalue weighted by atomic mass is 16.3. The molecule has 0 amide bonds. The van der Waals surface area contributed by atoms with Gasteiger partial charge in [-0.2, -0.15) is 0 Å². The van der Waals surface area contributed by atoms with Gasteiger partial charge in [-0.3, -0.25) is 0 Å². The van der Waals surface area contributed by atoms with Gasteiger partial charge >= 0.3 is 0 Å². The Bertz CT molecular complexity index is 326. The van der Waals surface area contributed by atoms with Crippen LogP contribution in [0.15, 0.2) is 4.42 Å². The van der Waals surface area contributed by atoms with Crippen LogP contribution in [0.1, 0.15) is 49.5 Å². The molecule has 1 N–H and O–H groups in total. The topological polar surface area (TPSA) is 25.2 Å². The molecule has 1 aromatic rings. The molecule has 0 saturated heterocycles. The lowest BCUT2D eigenvalue weighted by atomic mass is 9.93. The zero-order valence-electron chi connectivity index (χ0n) is 10.8. The van der Waals surface area contributed by atoms with Crippen molar-refractivity contribution in [1.82, 2.24) is 5.32 Å². The first kappa shape index (κ1) is 12.3. The Morgan fingerprint density at radius 2 is 1.73 bits per heavy atom. The molecule has 0 saturated carbocycles. The third-order valence-corrected chi connectivity index (χ3v) is 3.02. The maximum absolute atomic E-state index is 5.68. The molecular weight excluding hydrogens is 186 g/mol. The molecule has 1 rings (SSSR count). The third kappa shape index (κ3) is 2.43. The van der Waals surface area contributed by atoms with E-state index in [0.29, 0.717) is 12.0 Å². The molecule has 0 aliphatic rings. The minimum atomic E-state index is 0.410. The average molecular weight is 209 g/mol. The summed E-state index contributed by atoms with van der Waals surface area (Å²) in [5.41, 5.74) is 2.65. The molecule has 1 aromatic heterocycles. The Labute approximate surface area is 93.1 Å². The van der Waals surface area contributed by atoms with Gasteiger partial charge in [0.15, 0.2) is 0 Å². The molecule has 86 valence electrons. The highest BCUT2D eigenvalue weighted by molar-refractivity contribution is 5.34. The van der Waals surface area contributed by atoms with Crippen LogP contribution in [-0.4, -0.2) is 6.54 Å². The van der Waals surface area contributed by atoms with E-state index in [4.69, 9.17) is 4.42 Å². The van der Waals surface area contributed by atoms with Crippen molar-refractivity contribution in [2.24, 2.45) is 5.92 Å². The minimum absolute atomic E-state index is 0.410. The van der Waals surface area contributed by atoms with Gasteiger partial charge in [0.05, 0.1) is 0 Å². The predicted molar refractivity (Wildman–Crippen MR) is 64.2 cm³/mol. The van der Waals surface area contributed by atoms with Crippen LogP contribution in [0.5, 0.6) is 0 Å². The molecule has 0 aliphatic heterocycles. The van der Waals surface area contributed by atoms with Crippen molar-refractivity contribution in [1.29, 1.82) is 0 Å². The lowest BCUT2D eigenvalue weighted by Gasteiger charge is -2.22. The summed E-state index contributed by atoms with van der Waals surface area (Å²) in [6.07, 6.45) is 0. The molecule has 1 heterocycles. The van der Waals surface area contributed by atoms with Gasteiger partial charge in [0.25, 0.3) is 0 Å². The fourth-order valence-corrected chi connectivity index (χ4v) is 2.16. The summed E-state index contributed by atoms with van der Waals surface area (Å²) >= 11 is 0. The molecule has 0 fully saturated rings. The monoisotopic (exact) mass is 209 g/mol. The fourth-order valence-electron chi connectivity index (χ4n) is 2.16. The Morgan fingerprint density at radius 3 is 2.07 bits per heavy atom. The maximum Gasteiger partial charge on any atom is 0.106 e. The first-order chi connectivity index (χ1) is 6.99. The van der Waals surface area contributed by atoms with Crippen LogP contribution in [0.4, 0.5) is 0 Å². The Hall–Kier alpha value is -0.760. The van der Waals surface area contributed by atoms with E-state index < -0.39 is 0 Å². The van der Waals surface area contributed by atoms with E-state index in [1.807, 2.05) is 6.92 Å². The van der Waals surface area contributed by atoms with E-state index in [1.54, 1.807) is 0 Å². The molecule has 2 heteroatoms. The molecule has 0 bridgehead atoms. The standard InChI is InChI=1S/C13H23NO/c1-7-14-13(8(2)3)12-9(4)10(5)15-11(12)6/h8,13-14H,7H2,1-6H3. The second-order valence-corrected chi connectivity index (χ2v) is 4.53. The third-order valence-electron chi connectivity index (χ3n) is 3.02. The van der Waals surface area contributed by atoms with E-state index in [1.165, 1.54) is 11.1 Å². The number of hydrogen-bond donors (Lipinski definition) is 1. The summed E-state index contributed by atoms with van der Waals surface area (Å²) in [6, 6.07) is 0.410. The Balaban J connectivity index is 3.10. The second kappa shape index (κ2) is 4.84. The van der Waals surface area contributed by atoms with Crippen molar-refractivity contribution in [2.75, 3.05) is 6.54 Å². The van der Waals surface area contributed by atoms with Gasteiger partial charge in [0.1, 0.15) is 11.5 Å². The smallest absolute Gasteiger partial charge is 0.106 e. The molecule has 0 spiro atoms. The zero-order valence-corrected chi connectivity index (χ0v) is 10.8. The number of aryl methyl sites for hydroxylation is 2. The van der Waals surface area contributed by atoms with Gasteiger partial charge in [-0.05, 0) is 38.8 Å². The van der Waals surface area contributed by atoms with Gasteiger partial charge < -0.3 is 9.73 Å². The number of rotatable bonds is 4. The first-order valence-electron chi connectivity index (χ1n) is 5.78.